The van der Waals surface area contributed by atoms with Crippen molar-refractivity contribution in [1.82, 2.24) is 9.97 Å². The third-order valence-corrected chi connectivity index (χ3v) is 7.81. The second-order valence-electron chi connectivity index (χ2n) is 7.69. The Labute approximate surface area is 190 Å². The molecule has 0 atom stereocenters. The van der Waals surface area contributed by atoms with Gasteiger partial charge in [0.25, 0.3) is 0 Å². The molecule has 2 aromatic heterocycles. The van der Waals surface area contributed by atoms with E-state index in [1.54, 1.807) is 16.2 Å². The first-order valence-corrected chi connectivity index (χ1v) is 12.3. The summed E-state index contributed by atoms with van der Waals surface area (Å²) in [5.74, 6) is 1.14. The van der Waals surface area contributed by atoms with Crippen LogP contribution in [0.1, 0.15) is 23.3 Å². The van der Waals surface area contributed by atoms with E-state index in [1.807, 2.05) is 67.7 Å². The number of carbonyl (C=O) groups excluding carboxylic acids is 1. The number of rotatable bonds is 5. The van der Waals surface area contributed by atoms with E-state index < -0.39 is 0 Å². The molecule has 4 aromatic rings. The third kappa shape index (κ3) is 4.10. The molecule has 1 aliphatic carbocycles. The van der Waals surface area contributed by atoms with Crippen molar-refractivity contribution in [3.05, 3.63) is 71.1 Å². The van der Waals surface area contributed by atoms with Crippen LogP contribution in [0.5, 0.6) is 0 Å². The van der Waals surface area contributed by atoms with Crippen molar-refractivity contribution in [3.8, 4) is 11.4 Å². The van der Waals surface area contributed by atoms with Gasteiger partial charge >= 0.3 is 0 Å². The number of anilines is 1. The average molecular weight is 446 g/mol. The maximum atomic E-state index is 12.9. The number of thiophene rings is 1. The summed E-state index contributed by atoms with van der Waals surface area (Å²) in [7, 11) is 1.83. The molecule has 4 nitrogen and oxygen atoms in total. The Morgan fingerprint density at radius 3 is 2.48 bits per heavy atom. The molecular weight excluding hydrogens is 422 g/mol. The average Bonchev–Trinajstić information content (AvgIpc) is 3.21. The van der Waals surface area contributed by atoms with Gasteiger partial charge in [-0.05, 0) is 43.4 Å². The van der Waals surface area contributed by atoms with Crippen LogP contribution in [-0.2, 0) is 17.6 Å². The highest BCUT2D eigenvalue weighted by atomic mass is 32.2. The number of hydrogen-bond acceptors (Lipinski definition) is 5. The molecule has 6 heteroatoms. The Morgan fingerprint density at radius 1 is 1.00 bits per heavy atom. The van der Waals surface area contributed by atoms with Crippen LogP contribution in [0.3, 0.4) is 0 Å². The predicted octanol–water partition coefficient (Wildman–Crippen LogP) is 5.99. The topological polar surface area (TPSA) is 46.1 Å². The fourth-order valence-corrected chi connectivity index (χ4v) is 6.26. The van der Waals surface area contributed by atoms with Crippen molar-refractivity contribution in [3.63, 3.8) is 0 Å². The second-order valence-corrected chi connectivity index (χ2v) is 9.73. The number of benzene rings is 2. The fraction of sp³-hybridized carbons (Fsp3) is 0.240. The Balaban J connectivity index is 1.50. The molecule has 0 N–H and O–H groups in total. The van der Waals surface area contributed by atoms with Gasteiger partial charge in [0, 0.05) is 28.6 Å². The lowest BCUT2D eigenvalue weighted by Gasteiger charge is -2.17. The van der Waals surface area contributed by atoms with Crippen molar-refractivity contribution < 1.29 is 4.79 Å². The minimum Gasteiger partial charge on any atom is -0.315 e. The normalized spacial score (nSPS) is 13.2. The molecule has 1 amide bonds. The Bertz CT molecular complexity index is 1220. The molecule has 0 fully saturated rings. The SMILES string of the molecule is CN(C(=O)CSc1nc(-c2ccccc2)nc2sc3c(c12)CCCC3)c1ccccc1. The molecule has 1 aliphatic rings. The summed E-state index contributed by atoms with van der Waals surface area (Å²) < 4.78 is 0. The van der Waals surface area contributed by atoms with Gasteiger partial charge in [-0.15, -0.1) is 11.3 Å². The summed E-state index contributed by atoms with van der Waals surface area (Å²) >= 11 is 3.33. The maximum absolute atomic E-state index is 12.9. The first-order chi connectivity index (χ1) is 15.2. The summed E-state index contributed by atoms with van der Waals surface area (Å²) in [4.78, 5) is 27.0. The van der Waals surface area contributed by atoms with Gasteiger partial charge in [-0.1, -0.05) is 60.3 Å². The Morgan fingerprint density at radius 2 is 1.71 bits per heavy atom. The molecule has 31 heavy (non-hydrogen) atoms. The number of hydrogen-bond donors (Lipinski definition) is 0. The third-order valence-electron chi connectivity index (χ3n) is 5.66. The van der Waals surface area contributed by atoms with Gasteiger partial charge in [-0.2, -0.15) is 0 Å². The number of para-hydroxylation sites is 1. The van der Waals surface area contributed by atoms with E-state index in [4.69, 9.17) is 9.97 Å². The number of thioether (sulfide) groups is 1. The molecule has 0 saturated carbocycles. The molecule has 0 aliphatic heterocycles. The van der Waals surface area contributed by atoms with Crippen molar-refractivity contribution in [2.75, 3.05) is 17.7 Å². The smallest absolute Gasteiger partial charge is 0.237 e. The van der Waals surface area contributed by atoms with E-state index in [-0.39, 0.29) is 5.91 Å². The quantitative estimate of drug-likeness (QED) is 0.279. The number of aromatic nitrogens is 2. The van der Waals surface area contributed by atoms with Crippen LogP contribution in [-0.4, -0.2) is 28.7 Å². The molecule has 2 aromatic carbocycles. The van der Waals surface area contributed by atoms with Gasteiger partial charge in [-0.25, -0.2) is 9.97 Å². The zero-order valence-electron chi connectivity index (χ0n) is 17.4. The minimum absolute atomic E-state index is 0.0633. The van der Waals surface area contributed by atoms with E-state index in [9.17, 15) is 4.79 Å². The Hall–Kier alpha value is -2.70. The predicted molar refractivity (Wildman–Crippen MR) is 130 cm³/mol. The summed E-state index contributed by atoms with van der Waals surface area (Å²) in [5.41, 5.74) is 3.31. The standard InChI is InChI=1S/C25H23N3OS2/c1-28(18-12-6-3-7-13-18)21(29)16-30-24-22-19-14-8-9-15-20(19)31-25(22)27-23(26-24)17-10-4-2-5-11-17/h2-7,10-13H,8-9,14-16H2,1H3. The number of carbonyl (C=O) groups is 1. The number of amides is 1. The van der Waals surface area contributed by atoms with Crippen LogP contribution in [0.4, 0.5) is 5.69 Å². The molecule has 156 valence electrons. The second kappa shape index (κ2) is 8.81. The first kappa shape index (κ1) is 20.2. The van der Waals surface area contributed by atoms with Crippen molar-refractivity contribution in [2.24, 2.45) is 0 Å². The van der Waals surface area contributed by atoms with Crippen LogP contribution in [0, 0.1) is 0 Å². The fourth-order valence-electron chi connectivity index (χ4n) is 3.97. The maximum Gasteiger partial charge on any atom is 0.237 e. The van der Waals surface area contributed by atoms with E-state index >= 15 is 0 Å². The summed E-state index contributed by atoms with van der Waals surface area (Å²) in [5, 5.41) is 2.10. The zero-order chi connectivity index (χ0) is 21.2. The van der Waals surface area contributed by atoms with Gasteiger partial charge in [-0.3, -0.25) is 4.79 Å². The molecule has 0 unspecified atom stereocenters. The zero-order valence-corrected chi connectivity index (χ0v) is 19.0. The lowest BCUT2D eigenvalue weighted by atomic mass is 9.97. The van der Waals surface area contributed by atoms with Gasteiger partial charge in [0.15, 0.2) is 5.82 Å². The molecule has 0 radical (unpaired) electrons. The highest BCUT2D eigenvalue weighted by Crippen LogP contribution is 2.40. The molecule has 2 heterocycles. The van der Waals surface area contributed by atoms with Crippen LogP contribution >= 0.6 is 23.1 Å². The number of fused-ring (bicyclic) bond motifs is 3. The molecule has 0 bridgehead atoms. The van der Waals surface area contributed by atoms with Gasteiger partial charge < -0.3 is 4.90 Å². The monoisotopic (exact) mass is 445 g/mol. The lowest BCUT2D eigenvalue weighted by molar-refractivity contribution is -0.115. The minimum atomic E-state index is 0.0633. The van der Waals surface area contributed by atoms with Crippen LogP contribution in [0.25, 0.3) is 21.6 Å². The Kier molecular flexibility index (Phi) is 5.74. The summed E-state index contributed by atoms with van der Waals surface area (Å²) in [6.07, 6.45) is 4.65. The molecule has 0 spiro atoms. The van der Waals surface area contributed by atoms with Crippen LogP contribution in [0.15, 0.2) is 65.7 Å². The van der Waals surface area contributed by atoms with E-state index in [0.29, 0.717) is 5.75 Å². The highest BCUT2D eigenvalue weighted by Gasteiger charge is 2.22. The van der Waals surface area contributed by atoms with E-state index in [1.165, 1.54) is 40.4 Å². The van der Waals surface area contributed by atoms with Crippen molar-refractivity contribution in [1.29, 1.82) is 0 Å². The molecular formula is C25H23N3OS2. The largest absolute Gasteiger partial charge is 0.315 e. The summed E-state index contributed by atoms with van der Waals surface area (Å²) in [6, 6.07) is 19.9. The summed E-state index contributed by atoms with van der Waals surface area (Å²) in [6.45, 7) is 0. The first-order valence-electron chi connectivity index (χ1n) is 10.5. The van der Waals surface area contributed by atoms with Gasteiger partial charge in [0.05, 0.1) is 5.75 Å². The van der Waals surface area contributed by atoms with E-state index in [0.717, 1.165) is 39.8 Å². The molecule has 5 rings (SSSR count). The van der Waals surface area contributed by atoms with Crippen LogP contribution < -0.4 is 4.90 Å². The highest BCUT2D eigenvalue weighted by molar-refractivity contribution is 8.00. The lowest BCUT2D eigenvalue weighted by Crippen LogP contribution is -2.27. The van der Waals surface area contributed by atoms with Crippen molar-refractivity contribution in [2.45, 2.75) is 30.7 Å². The van der Waals surface area contributed by atoms with Gasteiger partial charge in [0.1, 0.15) is 9.86 Å². The van der Waals surface area contributed by atoms with E-state index in [2.05, 4.69) is 0 Å². The van der Waals surface area contributed by atoms with Crippen molar-refractivity contribution >= 4 is 44.9 Å². The van der Waals surface area contributed by atoms with Crippen LogP contribution in [0.2, 0.25) is 0 Å². The number of nitrogens with zero attached hydrogens (tertiary/aromatic N) is 3. The van der Waals surface area contributed by atoms with Gasteiger partial charge in [0.2, 0.25) is 5.91 Å². The number of aryl methyl sites for hydroxylation is 2. The molecule has 0 saturated heterocycles.